The molecule has 2 atom stereocenters. The Morgan fingerprint density at radius 2 is 2.14 bits per heavy atom. The fourth-order valence-corrected chi connectivity index (χ4v) is 1.49. The van der Waals surface area contributed by atoms with Gasteiger partial charge in [0.2, 0.25) is 0 Å². The quantitative estimate of drug-likeness (QED) is 0.604. The number of aliphatic carboxylic acids is 1. The third kappa shape index (κ3) is 2.69. The van der Waals surface area contributed by atoms with Gasteiger partial charge >= 0.3 is 5.97 Å². The highest BCUT2D eigenvalue weighted by Crippen LogP contribution is 2.50. The van der Waals surface area contributed by atoms with Crippen molar-refractivity contribution in [2.24, 2.45) is 11.3 Å². The molecule has 0 aromatic rings. The molecule has 0 aliphatic heterocycles. The fourth-order valence-electron chi connectivity index (χ4n) is 1.49. The highest BCUT2D eigenvalue weighted by molar-refractivity contribution is 5.76. The largest absolute Gasteiger partial charge is 0.479 e. The molecule has 1 aliphatic carbocycles. The molecule has 3 N–H and O–H groups in total. The molecule has 1 fully saturated rings. The number of aliphatic hydroxyl groups is 1. The Bertz CT molecular complexity index is 236. The van der Waals surface area contributed by atoms with Crippen molar-refractivity contribution in [1.82, 2.24) is 5.32 Å². The average Bonchev–Trinajstić information content (AvgIpc) is 2.58. The summed E-state index contributed by atoms with van der Waals surface area (Å²) in [5, 5.41) is 21.0. The molecule has 0 aromatic carbocycles. The van der Waals surface area contributed by atoms with Crippen LogP contribution in [0.2, 0.25) is 0 Å². The van der Waals surface area contributed by atoms with E-state index >= 15 is 0 Å². The summed E-state index contributed by atoms with van der Waals surface area (Å²) in [6.45, 7) is 6.58. The van der Waals surface area contributed by atoms with Crippen LogP contribution in [-0.2, 0) is 4.79 Å². The van der Waals surface area contributed by atoms with E-state index < -0.39 is 11.6 Å². The van der Waals surface area contributed by atoms with Gasteiger partial charge in [-0.05, 0) is 31.2 Å². The van der Waals surface area contributed by atoms with E-state index in [9.17, 15) is 9.90 Å². The van der Waals surface area contributed by atoms with Crippen LogP contribution in [0.1, 0.15) is 27.2 Å². The van der Waals surface area contributed by atoms with Crippen LogP contribution in [0.5, 0.6) is 0 Å². The van der Waals surface area contributed by atoms with Gasteiger partial charge in [-0.25, -0.2) is 4.79 Å². The van der Waals surface area contributed by atoms with Gasteiger partial charge in [0.1, 0.15) is 0 Å². The van der Waals surface area contributed by atoms with Gasteiger partial charge in [-0.15, -0.1) is 0 Å². The predicted molar refractivity (Wildman–Crippen MR) is 53.0 cm³/mol. The lowest BCUT2D eigenvalue weighted by molar-refractivity contribution is -0.156. The van der Waals surface area contributed by atoms with Gasteiger partial charge in [0.05, 0.1) is 0 Å². The van der Waals surface area contributed by atoms with Crippen LogP contribution in [0, 0.1) is 11.3 Å². The highest BCUT2D eigenvalue weighted by atomic mass is 16.4. The number of rotatable bonds is 5. The Morgan fingerprint density at radius 1 is 1.64 bits per heavy atom. The van der Waals surface area contributed by atoms with Crippen molar-refractivity contribution in [3.8, 4) is 0 Å². The number of hydrogen-bond donors (Lipinski definition) is 3. The maximum absolute atomic E-state index is 10.5. The monoisotopic (exact) mass is 201 g/mol. The second-order valence-electron chi connectivity index (χ2n) is 5.10. The molecule has 0 amide bonds. The SMILES string of the molecule is CC(O)(CNCC1CC1(C)C)C(=O)O. The molecule has 1 aliphatic rings. The normalized spacial score (nSPS) is 28.1. The minimum Gasteiger partial charge on any atom is -0.479 e. The van der Waals surface area contributed by atoms with E-state index in [0.29, 0.717) is 11.3 Å². The second kappa shape index (κ2) is 3.51. The summed E-state index contributed by atoms with van der Waals surface area (Å²) in [6, 6.07) is 0. The van der Waals surface area contributed by atoms with E-state index in [1.165, 1.54) is 13.3 Å². The molecule has 0 spiro atoms. The molecule has 1 saturated carbocycles. The van der Waals surface area contributed by atoms with Gasteiger partial charge in [-0.1, -0.05) is 13.8 Å². The van der Waals surface area contributed by atoms with E-state index in [4.69, 9.17) is 5.11 Å². The first kappa shape index (κ1) is 11.5. The van der Waals surface area contributed by atoms with Crippen LogP contribution in [0.4, 0.5) is 0 Å². The van der Waals surface area contributed by atoms with Gasteiger partial charge < -0.3 is 15.5 Å². The third-order valence-electron chi connectivity index (χ3n) is 3.04. The topological polar surface area (TPSA) is 69.6 Å². The zero-order valence-corrected chi connectivity index (χ0v) is 9.00. The Morgan fingerprint density at radius 3 is 2.50 bits per heavy atom. The number of carboxylic acids is 1. The molecule has 4 heteroatoms. The van der Waals surface area contributed by atoms with E-state index in [0.717, 1.165) is 6.54 Å². The Balaban J connectivity index is 2.19. The number of carbonyl (C=O) groups is 1. The van der Waals surface area contributed by atoms with Crippen molar-refractivity contribution in [3.05, 3.63) is 0 Å². The number of nitrogens with one attached hydrogen (secondary N) is 1. The first-order valence-electron chi connectivity index (χ1n) is 4.92. The summed E-state index contributed by atoms with van der Waals surface area (Å²) in [6.07, 6.45) is 1.18. The van der Waals surface area contributed by atoms with Crippen molar-refractivity contribution in [2.45, 2.75) is 32.8 Å². The molecule has 4 nitrogen and oxygen atoms in total. The Kier molecular flexibility index (Phi) is 2.88. The van der Waals surface area contributed by atoms with Gasteiger partial charge in [0.25, 0.3) is 0 Å². The molecule has 2 unspecified atom stereocenters. The molecule has 0 radical (unpaired) electrons. The molecule has 0 aromatic heterocycles. The van der Waals surface area contributed by atoms with Gasteiger partial charge in [-0.2, -0.15) is 0 Å². The van der Waals surface area contributed by atoms with Crippen LogP contribution in [0.15, 0.2) is 0 Å². The smallest absolute Gasteiger partial charge is 0.336 e. The zero-order chi connectivity index (χ0) is 11.0. The standard InChI is InChI=1S/C10H19NO3/c1-9(2)4-7(9)5-11-6-10(3,14)8(12)13/h7,11,14H,4-6H2,1-3H3,(H,12,13). The minimum absolute atomic E-state index is 0.106. The highest BCUT2D eigenvalue weighted by Gasteiger charge is 2.45. The van der Waals surface area contributed by atoms with Crippen molar-refractivity contribution in [2.75, 3.05) is 13.1 Å². The summed E-state index contributed by atoms with van der Waals surface area (Å²) in [5.74, 6) is -0.563. The Labute approximate surface area is 84.3 Å². The zero-order valence-electron chi connectivity index (χ0n) is 9.00. The van der Waals surface area contributed by atoms with Crippen LogP contribution < -0.4 is 5.32 Å². The van der Waals surface area contributed by atoms with Crippen LogP contribution >= 0.6 is 0 Å². The van der Waals surface area contributed by atoms with Gasteiger partial charge in [-0.3, -0.25) is 0 Å². The molecule has 0 bridgehead atoms. The van der Waals surface area contributed by atoms with Crippen LogP contribution in [0.3, 0.4) is 0 Å². The van der Waals surface area contributed by atoms with Gasteiger partial charge in [0.15, 0.2) is 5.60 Å². The molecule has 14 heavy (non-hydrogen) atoms. The lowest BCUT2D eigenvalue weighted by atomic mass is 10.1. The molecule has 82 valence electrons. The minimum atomic E-state index is -1.65. The predicted octanol–water partition coefficient (Wildman–Crippen LogP) is 0.458. The van der Waals surface area contributed by atoms with Crippen molar-refractivity contribution >= 4 is 5.97 Å². The lowest BCUT2D eigenvalue weighted by Crippen LogP contribution is -2.45. The second-order valence-corrected chi connectivity index (χ2v) is 5.10. The average molecular weight is 201 g/mol. The fraction of sp³-hybridized carbons (Fsp3) is 0.900. The summed E-state index contributed by atoms with van der Waals surface area (Å²) in [7, 11) is 0. The summed E-state index contributed by atoms with van der Waals surface area (Å²) in [5.41, 5.74) is -1.26. The maximum atomic E-state index is 10.5. The van der Waals surface area contributed by atoms with E-state index in [-0.39, 0.29) is 6.54 Å². The summed E-state index contributed by atoms with van der Waals surface area (Å²) in [4.78, 5) is 10.5. The lowest BCUT2D eigenvalue weighted by Gasteiger charge is -2.18. The summed E-state index contributed by atoms with van der Waals surface area (Å²) >= 11 is 0. The number of hydrogen-bond acceptors (Lipinski definition) is 3. The maximum Gasteiger partial charge on any atom is 0.336 e. The Hall–Kier alpha value is -0.610. The van der Waals surface area contributed by atoms with Gasteiger partial charge in [0, 0.05) is 6.54 Å². The molecular formula is C10H19NO3. The number of carboxylic acid groups (broad SMARTS) is 1. The van der Waals surface area contributed by atoms with E-state index in [2.05, 4.69) is 19.2 Å². The molecule has 0 saturated heterocycles. The van der Waals surface area contributed by atoms with Crippen molar-refractivity contribution in [1.29, 1.82) is 0 Å². The molecular weight excluding hydrogens is 182 g/mol. The van der Waals surface area contributed by atoms with Crippen molar-refractivity contribution in [3.63, 3.8) is 0 Å². The van der Waals surface area contributed by atoms with Crippen molar-refractivity contribution < 1.29 is 15.0 Å². The van der Waals surface area contributed by atoms with Crippen LogP contribution in [0.25, 0.3) is 0 Å². The van der Waals surface area contributed by atoms with E-state index in [1.807, 2.05) is 0 Å². The molecule has 1 rings (SSSR count). The first-order valence-corrected chi connectivity index (χ1v) is 4.92. The third-order valence-corrected chi connectivity index (χ3v) is 3.04. The van der Waals surface area contributed by atoms with Crippen LogP contribution in [-0.4, -0.2) is 34.9 Å². The summed E-state index contributed by atoms with van der Waals surface area (Å²) < 4.78 is 0. The molecule has 0 heterocycles. The van der Waals surface area contributed by atoms with E-state index in [1.54, 1.807) is 0 Å². The first-order chi connectivity index (χ1) is 6.26.